The van der Waals surface area contributed by atoms with Crippen LogP contribution in [0, 0.1) is 0 Å². The molecular weight excluding hydrogens is 187 g/mol. The van der Waals surface area contributed by atoms with E-state index in [0.29, 0.717) is 7.96 Å². The van der Waals surface area contributed by atoms with Gasteiger partial charge in [0.05, 0.1) is 0 Å². The number of carbonyl (C=O) groups excluding carboxylic acids is 1. The molecule has 0 aromatic carbocycles. The highest BCUT2D eigenvalue weighted by Crippen LogP contribution is 2.67. The van der Waals surface area contributed by atoms with Crippen LogP contribution in [0.15, 0.2) is 0 Å². The van der Waals surface area contributed by atoms with Crippen molar-refractivity contribution in [3.63, 3.8) is 0 Å². The minimum absolute atomic E-state index is 0.215. The zero-order valence-electron chi connectivity index (χ0n) is 3.39. The summed E-state index contributed by atoms with van der Waals surface area (Å²) in [6.45, 7) is 0. The third kappa shape index (κ3) is 4.20. The van der Waals surface area contributed by atoms with E-state index in [1.54, 1.807) is 0 Å². The molecule has 0 radical (unpaired) electrons. The van der Waals surface area contributed by atoms with Gasteiger partial charge in [0.15, 0.2) is 0 Å². The number of rotatable bonds is 2. The van der Waals surface area contributed by atoms with Crippen molar-refractivity contribution in [2.24, 2.45) is 0 Å². The minimum atomic E-state index is -0.603. The molecule has 0 amide bonds. The molecule has 4 unspecified atom stereocenters. The Hall–Kier alpha value is 1.68. The highest BCUT2D eigenvalue weighted by atomic mass is 35.5. The van der Waals surface area contributed by atoms with E-state index in [4.69, 9.17) is 11.6 Å². The quantitative estimate of drug-likeness (QED) is 0.485. The first-order valence-electron chi connectivity index (χ1n) is 1.39. The lowest BCUT2D eigenvalue weighted by Gasteiger charge is -1.96. The van der Waals surface area contributed by atoms with E-state index in [1.807, 2.05) is 0 Å². The van der Waals surface area contributed by atoms with Crippen molar-refractivity contribution in [3.8, 4) is 0 Å². The van der Waals surface area contributed by atoms with Gasteiger partial charge in [0, 0.05) is 7.30 Å². The second-order valence-electron chi connectivity index (χ2n) is 0.752. The summed E-state index contributed by atoms with van der Waals surface area (Å²) >= 11 is 5.09. The average molecular weight is 192 g/mol. The predicted octanol–water partition coefficient (Wildman–Crippen LogP) is 3.00. The molecule has 0 saturated heterocycles. The zero-order valence-corrected chi connectivity index (χ0v) is 8.35. The van der Waals surface area contributed by atoms with Crippen molar-refractivity contribution < 1.29 is 4.79 Å². The lowest BCUT2D eigenvalue weighted by Crippen LogP contribution is -1.60. The van der Waals surface area contributed by atoms with Gasteiger partial charge in [0.25, 0.3) is 4.98 Å². The van der Waals surface area contributed by atoms with Gasteiger partial charge >= 0.3 is 0 Å². The number of hydrogen-bond donors (Lipinski definition) is 0. The first-order chi connectivity index (χ1) is 3.18. The molecule has 0 fully saturated rings. The van der Waals surface area contributed by atoms with Gasteiger partial charge in [-0.1, -0.05) is 16.9 Å². The van der Waals surface area contributed by atoms with E-state index in [9.17, 15) is 4.79 Å². The molecule has 0 heterocycles. The molecule has 0 N–H and O–H groups in total. The Bertz CT molecular complexity index is 74.1. The lowest BCUT2D eigenvalue weighted by molar-refractivity contribution is 0.275. The van der Waals surface area contributed by atoms with Gasteiger partial charge in [-0.25, -0.2) is 0 Å². The largest absolute Gasteiger partial charge is 0.275 e. The van der Waals surface area contributed by atoms with Crippen molar-refractivity contribution in [2.75, 3.05) is 0 Å². The van der Waals surface area contributed by atoms with Crippen LogP contribution in [-0.2, 0) is 0 Å². The first kappa shape index (κ1) is 8.68. The average Bonchev–Trinajstić information content (AvgIpc) is 1.65. The summed E-state index contributed by atoms with van der Waals surface area (Å²) in [5, 5.41) is 0. The van der Waals surface area contributed by atoms with Crippen LogP contribution in [0.1, 0.15) is 0 Å². The number of hydrogen-bond acceptors (Lipinski definition) is 1. The fourth-order valence-electron chi connectivity index (χ4n) is 0.0507. The van der Waals surface area contributed by atoms with Crippen LogP contribution in [0.4, 0.5) is 4.79 Å². The summed E-state index contributed by atoms with van der Waals surface area (Å²) in [5.74, 6) is 0. The van der Waals surface area contributed by atoms with Crippen LogP contribution in [0.2, 0.25) is 0 Å². The highest BCUT2D eigenvalue weighted by molar-refractivity contribution is 8.66. The van der Waals surface area contributed by atoms with Gasteiger partial charge in [-0.2, -0.15) is 0 Å². The van der Waals surface area contributed by atoms with Gasteiger partial charge < -0.3 is 0 Å². The van der Waals surface area contributed by atoms with Gasteiger partial charge in [-0.3, -0.25) is 4.79 Å². The molecule has 0 aliphatic rings. The van der Waals surface area contributed by atoms with E-state index in [0.717, 1.165) is 0 Å². The molecule has 0 aliphatic carbocycles. The molecule has 42 valence electrons. The predicted molar refractivity (Wildman–Crippen MR) is 45.9 cm³/mol. The van der Waals surface area contributed by atoms with Crippen molar-refractivity contribution in [3.05, 3.63) is 0 Å². The third-order valence-electron chi connectivity index (χ3n) is 0.328. The van der Waals surface area contributed by atoms with Crippen molar-refractivity contribution in [1.82, 2.24) is 0 Å². The van der Waals surface area contributed by atoms with E-state index < -0.39 is 7.30 Å². The van der Waals surface area contributed by atoms with E-state index in [-0.39, 0.29) is 4.98 Å². The Labute approximate surface area is 55.0 Å². The lowest BCUT2D eigenvalue weighted by atomic mass is 11.8. The summed E-state index contributed by atoms with van der Waals surface area (Å²) < 4.78 is 0. The van der Waals surface area contributed by atoms with Gasteiger partial charge in [0.1, 0.15) is 0 Å². The maximum Gasteiger partial charge on any atom is 0.250 e. The molecule has 0 aliphatic heterocycles. The van der Waals surface area contributed by atoms with Crippen LogP contribution in [-0.4, -0.2) is 4.98 Å². The van der Waals surface area contributed by atoms with Crippen molar-refractivity contribution in [1.29, 1.82) is 0 Å². The Kier molecular flexibility index (Phi) is 5.64. The summed E-state index contributed by atoms with van der Waals surface area (Å²) in [4.78, 5) is 9.93. The molecule has 0 rings (SSSR count). The van der Waals surface area contributed by atoms with Gasteiger partial charge in [-0.05, 0) is 11.6 Å². The molecule has 7 heavy (non-hydrogen) atoms. The normalized spacial score (nSPS) is 15.3. The van der Waals surface area contributed by atoms with Crippen LogP contribution in [0.3, 0.4) is 0 Å². The Morgan fingerprint density at radius 2 is 2.29 bits per heavy atom. The molecule has 6 heteroatoms. The molecule has 0 bridgehead atoms. The fourth-order valence-corrected chi connectivity index (χ4v) is 2.69. The fraction of sp³-hybridized carbons (Fsp3) is 0. The molecule has 0 aromatic rings. The van der Waals surface area contributed by atoms with E-state index >= 15 is 0 Å². The Balaban J connectivity index is 3.34. The molecule has 4 atom stereocenters. The van der Waals surface area contributed by atoms with E-state index in [1.165, 1.54) is 0 Å². The first-order valence-corrected chi connectivity index (χ1v) is 8.38. The summed E-state index contributed by atoms with van der Waals surface area (Å²) in [6.07, 6.45) is 0. The molecular formula is CH5ClOP4. The highest BCUT2D eigenvalue weighted by Gasteiger charge is 2.04. The second-order valence-corrected chi connectivity index (χ2v) is 10.4. The number of halogens is 1. The maximum absolute atomic E-state index is 10.1. The number of carbonyl (C=O) groups is 1. The molecule has 1 nitrogen and oxygen atoms in total. The van der Waals surface area contributed by atoms with Crippen LogP contribution < -0.4 is 0 Å². The molecule has 0 saturated carbocycles. The standard InChI is InChI=1S/CH5ClOP4/c2-1(3)7(5)6-4/h6H,4-5H2. The van der Waals surface area contributed by atoms with Crippen molar-refractivity contribution in [2.45, 2.75) is 0 Å². The topological polar surface area (TPSA) is 17.1 Å². The molecule has 0 aromatic heterocycles. The Morgan fingerprint density at radius 1 is 1.86 bits per heavy atom. The van der Waals surface area contributed by atoms with Crippen LogP contribution in [0.25, 0.3) is 0 Å². The summed E-state index contributed by atoms with van der Waals surface area (Å²) in [6, 6.07) is 0. The SMILES string of the molecule is O=C(Cl)P(P)PP. The monoisotopic (exact) mass is 192 g/mol. The third-order valence-corrected chi connectivity index (χ3v) is 11.1. The van der Waals surface area contributed by atoms with Crippen LogP contribution in [0.5, 0.6) is 0 Å². The summed E-state index contributed by atoms with van der Waals surface area (Å²) in [7, 11) is 4.89. The summed E-state index contributed by atoms with van der Waals surface area (Å²) in [5.41, 5.74) is 0. The van der Waals surface area contributed by atoms with E-state index in [2.05, 4.69) is 17.9 Å². The Morgan fingerprint density at radius 3 is 2.29 bits per heavy atom. The minimum Gasteiger partial charge on any atom is -0.275 e. The van der Waals surface area contributed by atoms with Gasteiger partial charge in [-0.15, -0.1) is 8.93 Å². The smallest absolute Gasteiger partial charge is 0.250 e. The molecule has 0 spiro atoms. The maximum atomic E-state index is 10.1. The zero-order chi connectivity index (χ0) is 5.86. The van der Waals surface area contributed by atoms with Crippen molar-refractivity contribution >= 4 is 49.7 Å². The van der Waals surface area contributed by atoms with Crippen LogP contribution >= 0.6 is 44.7 Å². The van der Waals surface area contributed by atoms with Gasteiger partial charge in [0.2, 0.25) is 0 Å². The second kappa shape index (κ2) is 4.55.